The number of rotatable bonds is 10. The van der Waals surface area contributed by atoms with E-state index in [4.69, 9.17) is 28.4 Å². The van der Waals surface area contributed by atoms with E-state index >= 15 is 0 Å². The number of methoxy groups -OCH3 is 3. The van der Waals surface area contributed by atoms with Gasteiger partial charge in [0.1, 0.15) is 30.0 Å². The molecule has 196 valence electrons. The summed E-state index contributed by atoms with van der Waals surface area (Å²) < 4.78 is 33.9. The second-order valence-corrected chi connectivity index (χ2v) is 8.95. The molecule has 0 N–H and O–H groups in total. The zero-order chi connectivity index (χ0) is 25.8. The molecule has 0 saturated carbocycles. The Morgan fingerprint density at radius 3 is 2.53 bits per heavy atom. The van der Waals surface area contributed by atoms with Gasteiger partial charge in [-0.25, -0.2) is 4.79 Å². The van der Waals surface area contributed by atoms with E-state index in [1.807, 2.05) is 36.4 Å². The van der Waals surface area contributed by atoms with Crippen molar-refractivity contribution in [3.63, 3.8) is 0 Å². The highest BCUT2D eigenvalue weighted by Gasteiger charge is 2.28. The Labute approximate surface area is 214 Å². The number of esters is 1. The van der Waals surface area contributed by atoms with Crippen LogP contribution in [0.3, 0.4) is 0 Å². The molecule has 2 unspecified atom stereocenters. The first-order valence-corrected chi connectivity index (χ1v) is 12.4. The summed E-state index contributed by atoms with van der Waals surface area (Å²) >= 11 is 0. The molecule has 3 atom stereocenters. The fourth-order valence-electron chi connectivity index (χ4n) is 4.26. The summed E-state index contributed by atoms with van der Waals surface area (Å²) in [7, 11) is 4.81. The highest BCUT2D eigenvalue weighted by Crippen LogP contribution is 2.28. The third-order valence-electron chi connectivity index (χ3n) is 6.36. The van der Waals surface area contributed by atoms with E-state index in [9.17, 15) is 4.79 Å². The van der Waals surface area contributed by atoms with E-state index in [1.165, 1.54) is 0 Å². The lowest BCUT2D eigenvalue weighted by Gasteiger charge is -2.28. The molecule has 0 bridgehead atoms. The lowest BCUT2D eigenvalue weighted by Crippen LogP contribution is -2.32. The SMILES string of the molecule is COCOC1CC(CCOCc2ccc(OC)cc2)OC(=O)c2c(cccc2OC)C/C=C\C[C@@H]1C. The van der Waals surface area contributed by atoms with Gasteiger partial charge in [-0.05, 0) is 48.1 Å². The molecule has 2 aromatic rings. The molecule has 2 aromatic carbocycles. The lowest BCUT2D eigenvalue weighted by molar-refractivity contribution is -0.104. The number of benzene rings is 2. The summed E-state index contributed by atoms with van der Waals surface area (Å²) in [5.74, 6) is 1.15. The third-order valence-corrected chi connectivity index (χ3v) is 6.36. The Kier molecular flexibility index (Phi) is 11.3. The Hall–Kier alpha value is -2.87. The Bertz CT molecular complexity index is 970. The van der Waals surface area contributed by atoms with Crippen LogP contribution in [0.2, 0.25) is 0 Å². The number of cyclic esters (lactones) is 1. The maximum absolute atomic E-state index is 13.4. The van der Waals surface area contributed by atoms with Crippen molar-refractivity contribution < 1.29 is 33.2 Å². The van der Waals surface area contributed by atoms with Gasteiger partial charge in [-0.1, -0.05) is 43.3 Å². The molecule has 36 heavy (non-hydrogen) atoms. The summed E-state index contributed by atoms with van der Waals surface area (Å²) in [4.78, 5) is 13.4. The monoisotopic (exact) mass is 498 g/mol. The van der Waals surface area contributed by atoms with E-state index in [0.717, 1.165) is 23.3 Å². The van der Waals surface area contributed by atoms with Crippen LogP contribution >= 0.6 is 0 Å². The first-order valence-electron chi connectivity index (χ1n) is 12.4. The van der Waals surface area contributed by atoms with E-state index in [0.29, 0.717) is 43.8 Å². The standard InChI is InChI=1S/C29H38O7/c1-21-8-5-6-9-23-10-7-11-26(33-4)28(23)29(30)36-25(18-27(21)35-20-31-2)16-17-34-19-22-12-14-24(32-3)15-13-22/h5-7,10-15,21,25,27H,8-9,16-20H2,1-4H3/b6-5-/t21-,25?,27?/m0/s1. The van der Waals surface area contributed by atoms with Gasteiger partial charge in [0.25, 0.3) is 0 Å². The smallest absolute Gasteiger partial charge is 0.342 e. The number of fused-ring (bicyclic) bond motifs is 1. The number of hydrogen-bond donors (Lipinski definition) is 0. The Morgan fingerprint density at radius 2 is 1.81 bits per heavy atom. The van der Waals surface area contributed by atoms with Crippen LogP contribution in [0, 0.1) is 5.92 Å². The predicted octanol–water partition coefficient (Wildman–Crippen LogP) is 5.35. The number of hydrogen-bond acceptors (Lipinski definition) is 7. The first kappa shape index (κ1) is 27.7. The minimum atomic E-state index is -0.394. The van der Waals surface area contributed by atoms with Crippen LogP contribution in [0.1, 0.15) is 47.7 Å². The molecule has 0 spiro atoms. The molecular formula is C29H38O7. The molecule has 1 aliphatic heterocycles. The van der Waals surface area contributed by atoms with Crippen LogP contribution in [0.15, 0.2) is 54.6 Å². The summed E-state index contributed by atoms with van der Waals surface area (Å²) in [5.41, 5.74) is 2.40. The summed E-state index contributed by atoms with van der Waals surface area (Å²) in [6.07, 6.45) is 6.26. The van der Waals surface area contributed by atoms with Gasteiger partial charge in [0.15, 0.2) is 0 Å². The fraction of sp³-hybridized carbons (Fsp3) is 0.483. The van der Waals surface area contributed by atoms with Crippen molar-refractivity contribution >= 4 is 5.97 Å². The molecule has 0 fully saturated rings. The maximum Gasteiger partial charge on any atom is 0.342 e. The van der Waals surface area contributed by atoms with Gasteiger partial charge in [-0.2, -0.15) is 0 Å². The quantitative estimate of drug-likeness (QED) is 0.189. The predicted molar refractivity (Wildman–Crippen MR) is 137 cm³/mol. The maximum atomic E-state index is 13.4. The van der Waals surface area contributed by atoms with Crippen molar-refractivity contribution in [1.82, 2.24) is 0 Å². The molecule has 3 rings (SSSR count). The van der Waals surface area contributed by atoms with Crippen molar-refractivity contribution in [1.29, 1.82) is 0 Å². The largest absolute Gasteiger partial charge is 0.497 e. The Morgan fingerprint density at radius 1 is 1.00 bits per heavy atom. The van der Waals surface area contributed by atoms with Gasteiger partial charge >= 0.3 is 5.97 Å². The molecular weight excluding hydrogens is 460 g/mol. The average molecular weight is 499 g/mol. The zero-order valence-electron chi connectivity index (χ0n) is 21.7. The normalized spacial score (nSPS) is 21.4. The van der Waals surface area contributed by atoms with Crippen molar-refractivity contribution in [2.75, 3.05) is 34.7 Å². The molecule has 0 aromatic heterocycles. The van der Waals surface area contributed by atoms with Gasteiger partial charge in [0, 0.05) is 20.0 Å². The third kappa shape index (κ3) is 8.08. The highest BCUT2D eigenvalue weighted by molar-refractivity contribution is 5.94. The fourth-order valence-corrected chi connectivity index (χ4v) is 4.26. The lowest BCUT2D eigenvalue weighted by atomic mass is 9.93. The van der Waals surface area contributed by atoms with Crippen molar-refractivity contribution in [2.24, 2.45) is 5.92 Å². The molecule has 1 heterocycles. The van der Waals surface area contributed by atoms with Crippen LogP contribution in [-0.4, -0.2) is 52.9 Å². The molecule has 0 aliphatic carbocycles. The molecule has 0 saturated heterocycles. The molecule has 0 amide bonds. The van der Waals surface area contributed by atoms with Gasteiger partial charge in [-0.3, -0.25) is 0 Å². The minimum absolute atomic E-state index is 0.134. The van der Waals surface area contributed by atoms with Gasteiger partial charge in [0.05, 0.1) is 33.5 Å². The Balaban J connectivity index is 1.75. The number of carbonyl (C=O) groups is 1. The summed E-state index contributed by atoms with van der Waals surface area (Å²) in [6, 6.07) is 13.4. The zero-order valence-corrected chi connectivity index (χ0v) is 21.7. The summed E-state index contributed by atoms with van der Waals surface area (Å²) in [6.45, 7) is 3.23. The van der Waals surface area contributed by atoms with Gasteiger partial charge in [0.2, 0.25) is 0 Å². The van der Waals surface area contributed by atoms with Crippen molar-refractivity contribution in [3.05, 3.63) is 71.3 Å². The molecule has 7 nitrogen and oxygen atoms in total. The van der Waals surface area contributed by atoms with E-state index in [2.05, 4.69) is 19.1 Å². The van der Waals surface area contributed by atoms with Crippen LogP contribution in [0.25, 0.3) is 0 Å². The highest BCUT2D eigenvalue weighted by atomic mass is 16.7. The first-order chi connectivity index (χ1) is 17.5. The van der Waals surface area contributed by atoms with Gasteiger partial charge < -0.3 is 28.4 Å². The minimum Gasteiger partial charge on any atom is -0.497 e. The second-order valence-electron chi connectivity index (χ2n) is 8.95. The molecule has 7 heteroatoms. The number of ether oxygens (including phenoxy) is 6. The van der Waals surface area contributed by atoms with E-state index in [1.54, 1.807) is 27.4 Å². The van der Waals surface area contributed by atoms with Crippen LogP contribution in [-0.2, 0) is 32.0 Å². The van der Waals surface area contributed by atoms with Crippen LogP contribution in [0.4, 0.5) is 0 Å². The van der Waals surface area contributed by atoms with Crippen LogP contribution < -0.4 is 9.47 Å². The van der Waals surface area contributed by atoms with Crippen molar-refractivity contribution in [3.8, 4) is 11.5 Å². The topological polar surface area (TPSA) is 72.5 Å². The molecule has 0 radical (unpaired) electrons. The second kappa shape index (κ2) is 14.6. The van der Waals surface area contributed by atoms with Gasteiger partial charge in [-0.15, -0.1) is 0 Å². The number of allylic oxidation sites excluding steroid dienone is 2. The van der Waals surface area contributed by atoms with Crippen molar-refractivity contribution in [2.45, 2.75) is 51.4 Å². The molecule has 1 aliphatic rings. The number of carbonyl (C=O) groups excluding carboxylic acids is 1. The van der Waals surface area contributed by atoms with E-state index in [-0.39, 0.29) is 24.9 Å². The average Bonchev–Trinajstić information content (AvgIpc) is 2.90. The van der Waals surface area contributed by atoms with E-state index < -0.39 is 5.97 Å². The van der Waals surface area contributed by atoms with Crippen LogP contribution in [0.5, 0.6) is 11.5 Å². The summed E-state index contributed by atoms with van der Waals surface area (Å²) in [5, 5.41) is 0.